The van der Waals surface area contributed by atoms with Gasteiger partial charge in [0.15, 0.2) is 5.11 Å². The topological polar surface area (TPSA) is 19.7 Å². The van der Waals surface area contributed by atoms with Crippen LogP contribution in [-0.4, -0.2) is 43.2 Å². The number of quaternary nitrogens is 1. The third-order valence-corrected chi connectivity index (χ3v) is 6.60. The molecule has 2 bridgehead atoms. The van der Waals surface area contributed by atoms with Crippen molar-refractivity contribution in [2.45, 2.75) is 44.7 Å². The molecule has 0 saturated heterocycles. The smallest absolute Gasteiger partial charge is 0.169 e. The van der Waals surface area contributed by atoms with E-state index in [0.717, 1.165) is 30.0 Å². The average Bonchev–Trinajstić information content (AvgIpc) is 3.23. The van der Waals surface area contributed by atoms with Crippen LogP contribution in [0.25, 0.3) is 0 Å². The molecule has 5 heteroatoms. The number of fused-ring (bicyclic) bond motifs is 2. The lowest BCUT2D eigenvalue weighted by molar-refractivity contribution is -0.858. The number of nitrogens with zero attached hydrogens (tertiary/aromatic N) is 1. The van der Waals surface area contributed by atoms with Gasteiger partial charge in [-0.15, -0.1) is 11.3 Å². The summed E-state index contributed by atoms with van der Waals surface area (Å²) in [6.07, 6.45) is 6.79. The number of nitrogens with one attached hydrogen (secondary N) is 2. The Hall–Kier alpha value is -0.650. The lowest BCUT2D eigenvalue weighted by Gasteiger charge is -2.31. The summed E-state index contributed by atoms with van der Waals surface area (Å²) in [5.74, 6) is 1.83. The highest BCUT2D eigenvalue weighted by atomic mass is 32.1. The van der Waals surface area contributed by atoms with Gasteiger partial charge in [0, 0.05) is 23.9 Å². The molecule has 3 atom stereocenters. The number of hydrogen-bond acceptors (Lipinski definition) is 2. The van der Waals surface area contributed by atoms with E-state index >= 15 is 0 Å². The first-order valence-corrected chi connectivity index (χ1v) is 10.3. The predicted molar refractivity (Wildman–Crippen MR) is 102 cm³/mol. The SMILES string of the molecule is C[NH+](C)CCCN(Cc1cccs1)C(=S)N[C@@H]1C[C@@H]2CC[C@@H]1C2. The maximum Gasteiger partial charge on any atom is 0.169 e. The van der Waals surface area contributed by atoms with Crippen molar-refractivity contribution in [1.29, 1.82) is 0 Å². The second-order valence-electron chi connectivity index (χ2n) is 7.54. The fraction of sp³-hybridized carbons (Fsp3) is 0.722. The van der Waals surface area contributed by atoms with E-state index in [9.17, 15) is 0 Å². The van der Waals surface area contributed by atoms with E-state index in [4.69, 9.17) is 12.2 Å². The maximum atomic E-state index is 5.79. The maximum absolute atomic E-state index is 5.79. The van der Waals surface area contributed by atoms with Gasteiger partial charge < -0.3 is 15.1 Å². The molecule has 2 N–H and O–H groups in total. The molecule has 1 heterocycles. The van der Waals surface area contributed by atoms with E-state index in [1.165, 1.54) is 48.4 Å². The van der Waals surface area contributed by atoms with Crippen molar-refractivity contribution in [1.82, 2.24) is 10.2 Å². The molecular formula is C18H30N3S2+. The van der Waals surface area contributed by atoms with Crippen LogP contribution in [0.4, 0.5) is 0 Å². The Labute approximate surface area is 150 Å². The Balaban J connectivity index is 1.55. The van der Waals surface area contributed by atoms with E-state index in [2.05, 4.69) is 41.8 Å². The Morgan fingerprint density at radius 3 is 2.87 bits per heavy atom. The van der Waals surface area contributed by atoms with Crippen molar-refractivity contribution >= 4 is 28.7 Å². The first-order chi connectivity index (χ1) is 11.1. The van der Waals surface area contributed by atoms with E-state index in [1.54, 1.807) is 0 Å². The fourth-order valence-electron chi connectivity index (χ4n) is 4.14. The zero-order valence-corrected chi connectivity index (χ0v) is 16.0. The van der Waals surface area contributed by atoms with Gasteiger partial charge in [0.05, 0.1) is 27.2 Å². The fourth-order valence-corrected chi connectivity index (χ4v) is 5.16. The van der Waals surface area contributed by atoms with Crippen molar-refractivity contribution in [3.63, 3.8) is 0 Å². The highest BCUT2D eigenvalue weighted by Gasteiger charge is 2.40. The predicted octanol–water partition coefficient (Wildman–Crippen LogP) is 2.15. The third-order valence-electron chi connectivity index (χ3n) is 5.37. The van der Waals surface area contributed by atoms with Gasteiger partial charge in [-0.3, -0.25) is 0 Å². The Morgan fingerprint density at radius 1 is 1.39 bits per heavy atom. The van der Waals surface area contributed by atoms with Crippen LogP contribution < -0.4 is 10.2 Å². The van der Waals surface area contributed by atoms with Crippen molar-refractivity contribution in [3.8, 4) is 0 Å². The van der Waals surface area contributed by atoms with E-state index in [0.29, 0.717) is 6.04 Å². The lowest BCUT2D eigenvalue weighted by atomic mass is 9.95. The Bertz CT molecular complexity index is 500. The summed E-state index contributed by atoms with van der Waals surface area (Å²) in [4.78, 5) is 5.29. The molecule has 3 nitrogen and oxygen atoms in total. The van der Waals surface area contributed by atoms with Crippen molar-refractivity contribution in [2.75, 3.05) is 27.2 Å². The van der Waals surface area contributed by atoms with Crippen molar-refractivity contribution < 1.29 is 4.90 Å². The van der Waals surface area contributed by atoms with Crippen LogP contribution in [0, 0.1) is 11.8 Å². The second kappa shape index (κ2) is 7.95. The molecule has 0 radical (unpaired) electrons. The lowest BCUT2D eigenvalue weighted by Crippen LogP contribution is -3.05. The summed E-state index contributed by atoms with van der Waals surface area (Å²) >= 11 is 7.62. The zero-order valence-electron chi connectivity index (χ0n) is 14.4. The molecule has 0 aliphatic heterocycles. The van der Waals surface area contributed by atoms with Crippen LogP contribution in [0.5, 0.6) is 0 Å². The summed E-state index contributed by atoms with van der Waals surface area (Å²) in [5.41, 5.74) is 0. The molecule has 2 aliphatic rings. The molecule has 0 aromatic carbocycles. The van der Waals surface area contributed by atoms with Gasteiger partial charge in [-0.25, -0.2) is 0 Å². The average molecular weight is 353 g/mol. The van der Waals surface area contributed by atoms with E-state index in [-0.39, 0.29) is 0 Å². The monoisotopic (exact) mass is 352 g/mol. The first kappa shape index (κ1) is 17.2. The molecule has 1 aromatic heterocycles. The highest BCUT2D eigenvalue weighted by Crippen LogP contribution is 2.44. The molecule has 128 valence electrons. The van der Waals surface area contributed by atoms with E-state index in [1.807, 2.05) is 11.3 Å². The van der Waals surface area contributed by atoms with E-state index < -0.39 is 0 Å². The van der Waals surface area contributed by atoms with Crippen LogP contribution in [0.1, 0.15) is 37.0 Å². The third kappa shape index (κ3) is 4.68. The van der Waals surface area contributed by atoms with Gasteiger partial charge >= 0.3 is 0 Å². The molecule has 0 unspecified atom stereocenters. The van der Waals surface area contributed by atoms with Gasteiger partial charge in [-0.1, -0.05) is 12.5 Å². The quantitative estimate of drug-likeness (QED) is 0.734. The van der Waals surface area contributed by atoms with Gasteiger partial charge in [-0.2, -0.15) is 0 Å². The van der Waals surface area contributed by atoms with Crippen LogP contribution in [0.2, 0.25) is 0 Å². The van der Waals surface area contributed by atoms with Crippen LogP contribution in [0.15, 0.2) is 17.5 Å². The molecule has 0 spiro atoms. The zero-order chi connectivity index (χ0) is 16.2. The molecule has 2 aliphatic carbocycles. The summed E-state index contributed by atoms with van der Waals surface area (Å²) in [7, 11) is 4.44. The minimum Gasteiger partial charge on any atom is -0.360 e. The summed E-state index contributed by atoms with van der Waals surface area (Å²) in [6.45, 7) is 3.19. The highest BCUT2D eigenvalue weighted by molar-refractivity contribution is 7.80. The Morgan fingerprint density at radius 2 is 2.26 bits per heavy atom. The van der Waals surface area contributed by atoms with Gasteiger partial charge in [-0.05, 0) is 54.8 Å². The summed E-state index contributed by atoms with van der Waals surface area (Å²) in [5, 5.41) is 6.85. The molecule has 23 heavy (non-hydrogen) atoms. The second-order valence-corrected chi connectivity index (χ2v) is 8.96. The number of thiocarbonyl (C=S) groups is 1. The molecule has 1 aromatic rings. The molecule has 2 saturated carbocycles. The van der Waals surface area contributed by atoms with Crippen molar-refractivity contribution in [3.05, 3.63) is 22.4 Å². The number of rotatable bonds is 7. The molecule has 0 amide bonds. The number of thiophene rings is 1. The number of hydrogen-bond donors (Lipinski definition) is 2. The standard InChI is InChI=1S/C18H29N3S2/c1-20(2)8-4-9-21(13-16-5-3-10-23-16)18(22)19-17-12-14-6-7-15(17)11-14/h3,5,10,14-15,17H,4,6-9,11-13H2,1-2H3,(H,19,22)/p+1/t14-,15-,17-/m1/s1. The largest absolute Gasteiger partial charge is 0.360 e. The summed E-state index contributed by atoms with van der Waals surface area (Å²) in [6, 6.07) is 4.98. The van der Waals surface area contributed by atoms with Crippen LogP contribution in [0.3, 0.4) is 0 Å². The van der Waals surface area contributed by atoms with Crippen molar-refractivity contribution in [2.24, 2.45) is 11.8 Å². The molecule has 2 fully saturated rings. The molecule has 3 rings (SSSR count). The van der Waals surface area contributed by atoms with Crippen LogP contribution in [-0.2, 0) is 6.54 Å². The normalized spacial score (nSPS) is 26.0. The Kier molecular flexibility index (Phi) is 5.94. The minimum absolute atomic E-state index is 0.631. The van der Waals surface area contributed by atoms with Gasteiger partial charge in [0.2, 0.25) is 0 Å². The molecular weight excluding hydrogens is 322 g/mol. The minimum atomic E-state index is 0.631. The first-order valence-electron chi connectivity index (χ1n) is 8.98. The van der Waals surface area contributed by atoms with Gasteiger partial charge in [0.25, 0.3) is 0 Å². The van der Waals surface area contributed by atoms with Gasteiger partial charge in [0.1, 0.15) is 0 Å². The van der Waals surface area contributed by atoms with Crippen LogP contribution >= 0.6 is 23.6 Å². The summed E-state index contributed by atoms with van der Waals surface area (Å²) < 4.78 is 0.